The van der Waals surface area contributed by atoms with Crippen molar-refractivity contribution in [3.8, 4) is 0 Å². The van der Waals surface area contributed by atoms with Crippen LogP contribution in [0.1, 0.15) is 30.9 Å². The van der Waals surface area contributed by atoms with Crippen LogP contribution in [0.3, 0.4) is 0 Å². The Morgan fingerprint density at radius 1 is 1.47 bits per heavy atom. The molecule has 6 nitrogen and oxygen atoms in total. The van der Waals surface area contributed by atoms with E-state index in [1.165, 1.54) is 11.4 Å². The maximum atomic E-state index is 11.8. The van der Waals surface area contributed by atoms with Gasteiger partial charge in [0.1, 0.15) is 17.1 Å². The third-order valence-corrected chi connectivity index (χ3v) is 4.66. The second-order valence-corrected chi connectivity index (χ2v) is 6.70. The molecule has 0 aliphatic carbocycles. The lowest BCUT2D eigenvalue weighted by Crippen LogP contribution is -2.44. The number of aryl methyl sites for hydroxylation is 2. The van der Waals surface area contributed by atoms with E-state index < -0.39 is 15.8 Å². The topological polar surface area (TPSA) is 82.8 Å². The van der Waals surface area contributed by atoms with E-state index in [1.807, 2.05) is 0 Å². The Morgan fingerprint density at radius 2 is 2.05 bits per heavy atom. The highest BCUT2D eigenvalue weighted by atomic mass is 32.2. The normalized spacial score (nSPS) is 15.7. The summed E-state index contributed by atoms with van der Waals surface area (Å²) in [4.78, 5) is 0. The molecule has 1 rings (SSSR count). The number of hydrogen-bond donors (Lipinski definition) is 2. The smallest absolute Gasteiger partial charge is 0.279 e. The molecule has 0 fully saturated rings. The lowest BCUT2D eigenvalue weighted by molar-refractivity contribution is 0.0608. The van der Waals surface area contributed by atoms with Gasteiger partial charge >= 0.3 is 0 Å². The van der Waals surface area contributed by atoms with Gasteiger partial charge in [-0.2, -0.15) is 17.4 Å². The summed E-state index contributed by atoms with van der Waals surface area (Å²) in [5, 5.41) is 10.4. The van der Waals surface area contributed by atoms with E-state index in [0.29, 0.717) is 23.6 Å². The van der Waals surface area contributed by atoms with E-state index in [1.54, 1.807) is 33.8 Å². The highest BCUT2D eigenvalue weighted by molar-refractivity contribution is 7.87. The Morgan fingerprint density at radius 3 is 2.47 bits per heavy atom. The Balaban J connectivity index is 2.84. The first-order chi connectivity index (χ1) is 8.60. The SMILES string of the molecule is CCN(C)S(=O)(=O)NCC(C)(O)c1cc(C)oc1C. The van der Waals surface area contributed by atoms with Crippen molar-refractivity contribution in [2.24, 2.45) is 0 Å². The summed E-state index contributed by atoms with van der Waals surface area (Å²) in [5.41, 5.74) is -0.726. The summed E-state index contributed by atoms with van der Waals surface area (Å²) < 4.78 is 32.5. The minimum atomic E-state index is -3.56. The van der Waals surface area contributed by atoms with Gasteiger partial charge in [-0.25, -0.2) is 0 Å². The van der Waals surface area contributed by atoms with Crippen molar-refractivity contribution >= 4 is 10.2 Å². The van der Waals surface area contributed by atoms with Crippen LogP contribution in [0.2, 0.25) is 0 Å². The molecule has 1 unspecified atom stereocenters. The summed E-state index contributed by atoms with van der Waals surface area (Å²) in [7, 11) is -2.09. The van der Waals surface area contributed by atoms with E-state index in [9.17, 15) is 13.5 Å². The zero-order chi connectivity index (χ0) is 14.8. The van der Waals surface area contributed by atoms with Gasteiger partial charge in [-0.3, -0.25) is 0 Å². The number of nitrogens with zero attached hydrogens (tertiary/aromatic N) is 1. The maximum absolute atomic E-state index is 11.8. The van der Waals surface area contributed by atoms with E-state index in [4.69, 9.17) is 4.42 Å². The van der Waals surface area contributed by atoms with Crippen molar-refractivity contribution < 1.29 is 17.9 Å². The molecule has 0 radical (unpaired) electrons. The molecule has 0 aliphatic heterocycles. The average molecular weight is 290 g/mol. The maximum Gasteiger partial charge on any atom is 0.279 e. The molecule has 7 heteroatoms. The standard InChI is InChI=1S/C12H22N2O4S/c1-6-14(5)19(16,17)13-8-12(4,15)11-7-9(2)18-10(11)3/h7,13,15H,6,8H2,1-5H3. The van der Waals surface area contributed by atoms with Gasteiger partial charge in [-0.05, 0) is 26.8 Å². The first kappa shape index (κ1) is 16.2. The molecule has 1 aromatic heterocycles. The first-order valence-corrected chi connectivity index (χ1v) is 7.55. The fourth-order valence-electron chi connectivity index (χ4n) is 1.77. The number of hydrogen-bond acceptors (Lipinski definition) is 4. The van der Waals surface area contributed by atoms with Crippen molar-refractivity contribution in [2.75, 3.05) is 20.1 Å². The zero-order valence-corrected chi connectivity index (χ0v) is 12.8. The molecular weight excluding hydrogens is 268 g/mol. The largest absolute Gasteiger partial charge is 0.466 e. The molecule has 0 bridgehead atoms. The molecule has 0 amide bonds. The quantitative estimate of drug-likeness (QED) is 0.815. The molecule has 0 spiro atoms. The van der Waals surface area contributed by atoms with E-state index in [2.05, 4.69) is 4.72 Å². The molecule has 0 aliphatic rings. The van der Waals surface area contributed by atoms with E-state index in [0.717, 1.165) is 0 Å². The van der Waals surface area contributed by atoms with Gasteiger partial charge in [0, 0.05) is 25.7 Å². The molecule has 2 N–H and O–H groups in total. The van der Waals surface area contributed by atoms with Crippen LogP contribution in [0.4, 0.5) is 0 Å². The van der Waals surface area contributed by atoms with Crippen molar-refractivity contribution in [3.05, 3.63) is 23.2 Å². The highest BCUT2D eigenvalue weighted by Gasteiger charge is 2.30. The van der Waals surface area contributed by atoms with Crippen molar-refractivity contribution in [1.29, 1.82) is 0 Å². The molecule has 19 heavy (non-hydrogen) atoms. The predicted octanol–water partition coefficient (Wildman–Crippen LogP) is 0.890. The molecule has 0 aromatic carbocycles. The van der Waals surface area contributed by atoms with Crippen molar-refractivity contribution in [2.45, 2.75) is 33.3 Å². The van der Waals surface area contributed by atoms with Gasteiger partial charge in [0.2, 0.25) is 0 Å². The Labute approximate surface area is 114 Å². The molecule has 1 atom stereocenters. The highest BCUT2D eigenvalue weighted by Crippen LogP contribution is 2.26. The van der Waals surface area contributed by atoms with Crippen LogP contribution < -0.4 is 4.72 Å². The van der Waals surface area contributed by atoms with Crippen LogP contribution >= 0.6 is 0 Å². The first-order valence-electron chi connectivity index (χ1n) is 6.11. The van der Waals surface area contributed by atoms with Gasteiger partial charge < -0.3 is 9.52 Å². The average Bonchev–Trinajstić information content (AvgIpc) is 2.66. The second kappa shape index (κ2) is 5.62. The molecular formula is C12H22N2O4S. The van der Waals surface area contributed by atoms with Crippen LogP contribution in [0, 0.1) is 13.8 Å². The Hall–Kier alpha value is -0.890. The number of nitrogens with one attached hydrogen (secondary N) is 1. The third-order valence-electron chi connectivity index (χ3n) is 3.08. The third kappa shape index (κ3) is 3.79. The van der Waals surface area contributed by atoms with Crippen LogP contribution in [0.25, 0.3) is 0 Å². The van der Waals surface area contributed by atoms with Crippen LogP contribution in [0.5, 0.6) is 0 Å². The zero-order valence-electron chi connectivity index (χ0n) is 12.0. The summed E-state index contributed by atoms with van der Waals surface area (Å²) in [6.07, 6.45) is 0. The molecule has 110 valence electrons. The van der Waals surface area contributed by atoms with Gasteiger partial charge in [0.25, 0.3) is 10.2 Å². The van der Waals surface area contributed by atoms with E-state index in [-0.39, 0.29) is 6.54 Å². The second-order valence-electron chi connectivity index (χ2n) is 4.84. The van der Waals surface area contributed by atoms with Crippen LogP contribution in [-0.2, 0) is 15.8 Å². The van der Waals surface area contributed by atoms with Gasteiger partial charge in [-0.1, -0.05) is 6.92 Å². The lowest BCUT2D eigenvalue weighted by atomic mass is 9.97. The minimum Gasteiger partial charge on any atom is -0.466 e. The molecule has 1 aromatic rings. The summed E-state index contributed by atoms with van der Waals surface area (Å²) in [6, 6.07) is 1.72. The molecule has 0 saturated heterocycles. The summed E-state index contributed by atoms with van der Waals surface area (Å²) >= 11 is 0. The Bertz CT molecular complexity index is 534. The molecule has 1 heterocycles. The van der Waals surface area contributed by atoms with Crippen molar-refractivity contribution in [1.82, 2.24) is 9.03 Å². The van der Waals surface area contributed by atoms with Crippen LogP contribution in [-0.4, -0.2) is 38.0 Å². The number of furan rings is 1. The Kier molecular flexibility index (Phi) is 4.78. The van der Waals surface area contributed by atoms with E-state index >= 15 is 0 Å². The van der Waals surface area contributed by atoms with Gasteiger partial charge in [0.15, 0.2) is 0 Å². The fourth-order valence-corrected chi connectivity index (χ4v) is 2.80. The monoisotopic (exact) mass is 290 g/mol. The molecule has 0 saturated carbocycles. The van der Waals surface area contributed by atoms with Crippen molar-refractivity contribution in [3.63, 3.8) is 0 Å². The minimum absolute atomic E-state index is 0.112. The summed E-state index contributed by atoms with van der Waals surface area (Å²) in [5.74, 6) is 1.27. The predicted molar refractivity (Wildman–Crippen MR) is 73.0 cm³/mol. The number of aliphatic hydroxyl groups is 1. The lowest BCUT2D eigenvalue weighted by Gasteiger charge is -2.25. The fraction of sp³-hybridized carbons (Fsp3) is 0.667. The number of rotatable bonds is 6. The van der Waals surface area contributed by atoms with Crippen LogP contribution in [0.15, 0.2) is 10.5 Å². The van der Waals surface area contributed by atoms with Gasteiger partial charge in [0.05, 0.1) is 0 Å². The van der Waals surface area contributed by atoms with Gasteiger partial charge in [-0.15, -0.1) is 0 Å². The summed E-state index contributed by atoms with van der Waals surface area (Å²) in [6.45, 7) is 7.06.